The lowest BCUT2D eigenvalue weighted by Crippen LogP contribution is -2.37. The molecule has 1 aromatic heterocycles. The Bertz CT molecular complexity index is 951. The number of thiophene rings is 1. The van der Waals surface area contributed by atoms with E-state index in [0.717, 1.165) is 41.0 Å². The molecule has 2 heterocycles. The zero-order valence-electron chi connectivity index (χ0n) is 13.9. The maximum absolute atomic E-state index is 12.4. The average molecular weight is 365 g/mol. The Morgan fingerprint density at radius 1 is 1.15 bits per heavy atom. The lowest BCUT2D eigenvalue weighted by Gasteiger charge is -2.13. The van der Waals surface area contributed by atoms with Crippen LogP contribution in [0, 0.1) is 11.3 Å². The predicted molar refractivity (Wildman–Crippen MR) is 96.1 cm³/mol. The van der Waals surface area contributed by atoms with Crippen LogP contribution in [0.2, 0.25) is 0 Å². The number of carbonyl (C=O) groups excluding carboxylic acids is 3. The average Bonchev–Trinajstić information content (AvgIpc) is 3.12. The van der Waals surface area contributed by atoms with Crippen molar-refractivity contribution in [3.05, 3.63) is 51.4 Å². The minimum absolute atomic E-state index is 0.314. The molecule has 6 nitrogen and oxygen atoms in total. The molecule has 1 N–H and O–H groups in total. The zero-order valence-corrected chi connectivity index (χ0v) is 14.7. The standard InChI is InChI=1S/C19H15N3O3S/c20-9-14-11-5-3-4-8-15(11)26-17(14)21-16(23)10-22-18(24)12-6-1-2-7-13(12)19(22)25/h1-2,6-7H,3-5,8,10H2,(H,21,23). The fourth-order valence-corrected chi connectivity index (χ4v) is 4.72. The van der Waals surface area contributed by atoms with Gasteiger partial charge in [0.15, 0.2) is 0 Å². The first kappa shape index (κ1) is 16.5. The summed E-state index contributed by atoms with van der Waals surface area (Å²) in [5.41, 5.74) is 2.17. The third kappa shape index (κ3) is 2.59. The molecule has 0 unspecified atom stereocenters. The number of nitrogens with one attached hydrogen (secondary N) is 1. The zero-order chi connectivity index (χ0) is 18.3. The van der Waals surface area contributed by atoms with Crippen molar-refractivity contribution in [1.29, 1.82) is 5.26 Å². The monoisotopic (exact) mass is 365 g/mol. The summed E-state index contributed by atoms with van der Waals surface area (Å²) in [7, 11) is 0. The number of nitrogens with zero attached hydrogens (tertiary/aromatic N) is 2. The topological polar surface area (TPSA) is 90.3 Å². The molecular formula is C19H15N3O3S. The highest BCUT2D eigenvalue weighted by atomic mass is 32.1. The number of anilines is 1. The highest BCUT2D eigenvalue weighted by molar-refractivity contribution is 7.16. The number of hydrogen-bond acceptors (Lipinski definition) is 5. The summed E-state index contributed by atoms with van der Waals surface area (Å²) in [5.74, 6) is -1.41. The van der Waals surface area contributed by atoms with Crippen molar-refractivity contribution in [2.24, 2.45) is 0 Å². The number of nitriles is 1. The van der Waals surface area contributed by atoms with Crippen molar-refractivity contribution < 1.29 is 14.4 Å². The van der Waals surface area contributed by atoms with Gasteiger partial charge in [-0.25, -0.2) is 0 Å². The van der Waals surface area contributed by atoms with E-state index in [4.69, 9.17) is 0 Å². The first-order valence-electron chi connectivity index (χ1n) is 8.40. The van der Waals surface area contributed by atoms with Crippen LogP contribution in [0.15, 0.2) is 24.3 Å². The van der Waals surface area contributed by atoms with E-state index in [2.05, 4.69) is 11.4 Å². The number of rotatable bonds is 3. The van der Waals surface area contributed by atoms with Crippen LogP contribution in [0.4, 0.5) is 5.00 Å². The number of fused-ring (bicyclic) bond motifs is 2. The SMILES string of the molecule is N#Cc1c(NC(=O)CN2C(=O)c3ccccc3C2=O)sc2c1CCCC2. The fraction of sp³-hybridized carbons (Fsp3) is 0.263. The van der Waals surface area contributed by atoms with E-state index < -0.39 is 17.7 Å². The number of imide groups is 1. The summed E-state index contributed by atoms with van der Waals surface area (Å²) in [6.45, 7) is -0.361. The molecule has 3 amide bonds. The highest BCUT2D eigenvalue weighted by Gasteiger charge is 2.36. The summed E-state index contributed by atoms with van der Waals surface area (Å²) in [6.07, 6.45) is 3.90. The first-order valence-corrected chi connectivity index (χ1v) is 9.21. The van der Waals surface area contributed by atoms with E-state index in [1.165, 1.54) is 11.3 Å². The van der Waals surface area contributed by atoms with E-state index >= 15 is 0 Å². The van der Waals surface area contributed by atoms with Gasteiger partial charge in [0.25, 0.3) is 11.8 Å². The van der Waals surface area contributed by atoms with Gasteiger partial charge in [0, 0.05) is 4.88 Å². The molecule has 130 valence electrons. The second kappa shape index (κ2) is 6.39. The molecule has 2 aliphatic rings. The molecule has 1 aromatic carbocycles. The van der Waals surface area contributed by atoms with Crippen LogP contribution in [0.25, 0.3) is 0 Å². The number of aryl methyl sites for hydroxylation is 1. The first-order chi connectivity index (χ1) is 12.6. The van der Waals surface area contributed by atoms with Crippen LogP contribution in [-0.2, 0) is 17.6 Å². The van der Waals surface area contributed by atoms with Crippen molar-refractivity contribution in [2.45, 2.75) is 25.7 Å². The summed E-state index contributed by atoms with van der Waals surface area (Å²) < 4.78 is 0. The lowest BCUT2D eigenvalue weighted by molar-refractivity contribution is -0.116. The smallest absolute Gasteiger partial charge is 0.262 e. The molecule has 7 heteroatoms. The molecule has 0 radical (unpaired) electrons. The minimum atomic E-state index is -0.477. The van der Waals surface area contributed by atoms with Gasteiger partial charge in [-0.05, 0) is 43.4 Å². The van der Waals surface area contributed by atoms with E-state index in [1.807, 2.05) is 0 Å². The third-order valence-corrected chi connectivity index (χ3v) is 5.92. The van der Waals surface area contributed by atoms with E-state index in [-0.39, 0.29) is 6.54 Å². The van der Waals surface area contributed by atoms with Crippen molar-refractivity contribution in [3.8, 4) is 6.07 Å². The van der Waals surface area contributed by atoms with Gasteiger partial charge in [0.1, 0.15) is 17.6 Å². The quantitative estimate of drug-likeness (QED) is 0.847. The van der Waals surface area contributed by atoms with Crippen molar-refractivity contribution >= 4 is 34.1 Å². The molecule has 0 bridgehead atoms. The summed E-state index contributed by atoms with van der Waals surface area (Å²) >= 11 is 1.42. The second-order valence-corrected chi connectivity index (χ2v) is 7.42. The Morgan fingerprint density at radius 2 is 1.81 bits per heavy atom. The largest absolute Gasteiger partial charge is 0.315 e. The molecule has 2 aromatic rings. The number of benzene rings is 1. The van der Waals surface area contributed by atoms with Crippen LogP contribution in [0.3, 0.4) is 0 Å². The van der Waals surface area contributed by atoms with Crippen LogP contribution < -0.4 is 5.32 Å². The lowest BCUT2D eigenvalue weighted by atomic mass is 9.96. The predicted octanol–water partition coefficient (Wildman–Crippen LogP) is 2.73. The normalized spacial score (nSPS) is 15.4. The van der Waals surface area contributed by atoms with E-state index in [1.54, 1.807) is 24.3 Å². The molecule has 4 rings (SSSR count). The van der Waals surface area contributed by atoms with Gasteiger partial charge in [-0.1, -0.05) is 12.1 Å². The summed E-state index contributed by atoms with van der Waals surface area (Å²) in [4.78, 5) is 39.2. The van der Waals surface area contributed by atoms with Gasteiger partial charge < -0.3 is 5.32 Å². The number of hydrogen-bond donors (Lipinski definition) is 1. The minimum Gasteiger partial charge on any atom is -0.315 e. The summed E-state index contributed by atoms with van der Waals surface area (Å²) in [6, 6.07) is 8.71. The summed E-state index contributed by atoms with van der Waals surface area (Å²) in [5, 5.41) is 12.7. The molecule has 0 saturated carbocycles. The Hall–Kier alpha value is -2.98. The number of carbonyl (C=O) groups is 3. The Labute approximate surface area is 154 Å². The maximum Gasteiger partial charge on any atom is 0.262 e. The van der Waals surface area contributed by atoms with Gasteiger partial charge in [-0.2, -0.15) is 5.26 Å². The maximum atomic E-state index is 12.4. The molecule has 0 saturated heterocycles. The van der Waals surface area contributed by atoms with Crippen LogP contribution >= 0.6 is 11.3 Å². The second-order valence-electron chi connectivity index (χ2n) is 6.32. The van der Waals surface area contributed by atoms with Gasteiger partial charge in [-0.15, -0.1) is 11.3 Å². The molecule has 0 spiro atoms. The molecular weight excluding hydrogens is 350 g/mol. The van der Waals surface area contributed by atoms with Crippen molar-refractivity contribution in [2.75, 3.05) is 11.9 Å². The van der Waals surface area contributed by atoms with Crippen LogP contribution in [0.5, 0.6) is 0 Å². The van der Waals surface area contributed by atoms with Gasteiger partial charge >= 0.3 is 0 Å². The van der Waals surface area contributed by atoms with Gasteiger partial charge in [0.2, 0.25) is 5.91 Å². The molecule has 0 atom stereocenters. The Morgan fingerprint density at radius 3 is 2.46 bits per heavy atom. The van der Waals surface area contributed by atoms with E-state index in [0.29, 0.717) is 21.7 Å². The third-order valence-electron chi connectivity index (χ3n) is 4.72. The van der Waals surface area contributed by atoms with Gasteiger partial charge in [0.05, 0.1) is 16.7 Å². The van der Waals surface area contributed by atoms with E-state index in [9.17, 15) is 19.6 Å². The molecule has 26 heavy (non-hydrogen) atoms. The van der Waals surface area contributed by atoms with Crippen LogP contribution in [0.1, 0.15) is 49.6 Å². The fourth-order valence-electron chi connectivity index (χ4n) is 3.46. The van der Waals surface area contributed by atoms with Crippen molar-refractivity contribution in [1.82, 2.24) is 4.90 Å². The molecule has 1 aliphatic carbocycles. The molecule has 0 fully saturated rings. The molecule has 1 aliphatic heterocycles. The number of amides is 3. The Kier molecular flexibility index (Phi) is 4.05. The van der Waals surface area contributed by atoms with Gasteiger partial charge in [-0.3, -0.25) is 19.3 Å². The highest BCUT2D eigenvalue weighted by Crippen LogP contribution is 2.37. The van der Waals surface area contributed by atoms with Crippen LogP contribution in [-0.4, -0.2) is 29.2 Å². The van der Waals surface area contributed by atoms with Crippen molar-refractivity contribution in [3.63, 3.8) is 0 Å². The Balaban J connectivity index is 1.52.